The summed E-state index contributed by atoms with van der Waals surface area (Å²) in [6, 6.07) is 0. The molecule has 146 valence electrons. The van der Waals surface area contributed by atoms with Crippen LogP contribution in [0, 0.1) is 0 Å². The molecule has 0 fully saturated rings. The summed E-state index contributed by atoms with van der Waals surface area (Å²) in [5.41, 5.74) is 1.64. The summed E-state index contributed by atoms with van der Waals surface area (Å²) < 4.78 is 0. The molecule has 1 aliphatic rings. The Labute approximate surface area is 174 Å². The van der Waals surface area contributed by atoms with Crippen LogP contribution in [0.25, 0.3) is 21.3 Å². The van der Waals surface area contributed by atoms with Gasteiger partial charge in [-0.2, -0.15) is 0 Å². The number of anilines is 1. The Morgan fingerprint density at radius 2 is 2.14 bits per heavy atom. The first-order valence-corrected chi connectivity index (χ1v) is 11.2. The third kappa shape index (κ3) is 3.52. The number of aryl methyl sites for hydroxylation is 2. The lowest BCUT2D eigenvalue weighted by atomic mass is 9.97. The lowest BCUT2D eigenvalue weighted by Crippen LogP contribution is -2.27. The number of halogens is 1. The summed E-state index contributed by atoms with van der Waals surface area (Å²) >= 11 is 9.41. The zero-order valence-electron chi connectivity index (χ0n) is 15.5. The minimum Gasteiger partial charge on any atom is -0.305 e. The van der Waals surface area contributed by atoms with Gasteiger partial charge < -0.3 is 4.98 Å². The number of hydrogen-bond donors (Lipinski definition) is 1. The normalized spacial score (nSPS) is 14.3. The monoisotopic (exact) mass is 434 g/mol. The summed E-state index contributed by atoms with van der Waals surface area (Å²) in [5, 5.41) is 3.47. The zero-order valence-corrected chi connectivity index (χ0v) is 17.9. The molecule has 3 heterocycles. The predicted molar refractivity (Wildman–Crippen MR) is 116 cm³/mol. The molecular weight excluding hydrogens is 416 g/mol. The molecule has 0 saturated carbocycles. The van der Waals surface area contributed by atoms with Gasteiger partial charge in [0.15, 0.2) is 11.0 Å². The van der Waals surface area contributed by atoms with Crippen molar-refractivity contribution in [3.63, 3.8) is 0 Å². The smallest absolute Gasteiger partial charge is 0.260 e. The maximum atomic E-state index is 12.7. The quantitative estimate of drug-likeness (QED) is 0.658. The fourth-order valence-electron chi connectivity index (χ4n) is 3.43. The zero-order chi connectivity index (χ0) is 19.8. The van der Waals surface area contributed by atoms with Crippen molar-refractivity contribution in [3.05, 3.63) is 37.7 Å². The number of rotatable bonds is 4. The molecule has 4 rings (SSSR count). The van der Waals surface area contributed by atoms with Gasteiger partial charge in [0.1, 0.15) is 4.83 Å². The lowest BCUT2D eigenvalue weighted by molar-refractivity contribution is -0.116. The molecule has 0 saturated heterocycles. The van der Waals surface area contributed by atoms with Crippen LogP contribution in [0.2, 0.25) is 0 Å². The van der Waals surface area contributed by atoms with E-state index >= 15 is 0 Å². The number of carbonyl (C=O) groups excluding carboxylic acids is 1. The number of nitrogens with zero attached hydrogens (tertiary/aromatic N) is 3. The Bertz CT molecular complexity index is 1140. The van der Waals surface area contributed by atoms with Crippen molar-refractivity contribution < 1.29 is 4.79 Å². The van der Waals surface area contributed by atoms with Crippen LogP contribution in [0.4, 0.5) is 5.13 Å². The molecule has 6 nitrogen and oxygen atoms in total. The highest BCUT2D eigenvalue weighted by Gasteiger charge is 2.20. The number of thiazole rings is 1. The second-order valence-corrected chi connectivity index (χ2v) is 8.94. The van der Waals surface area contributed by atoms with Crippen molar-refractivity contribution >= 4 is 66.6 Å². The van der Waals surface area contributed by atoms with Gasteiger partial charge in [-0.3, -0.25) is 14.5 Å². The second-order valence-electron chi connectivity index (χ2n) is 6.62. The average Bonchev–Trinajstić information content (AvgIpc) is 3.26. The summed E-state index contributed by atoms with van der Waals surface area (Å²) in [6.07, 6.45) is 5.89. The predicted octanol–water partition coefficient (Wildman–Crippen LogP) is 4.43. The van der Waals surface area contributed by atoms with Crippen LogP contribution in [-0.4, -0.2) is 27.4 Å². The van der Waals surface area contributed by atoms with Gasteiger partial charge >= 0.3 is 0 Å². The fraction of sp³-hybridized carbons (Fsp3) is 0.368. The summed E-state index contributed by atoms with van der Waals surface area (Å²) in [6.45, 7) is 3.96. The molecule has 9 heteroatoms. The highest BCUT2D eigenvalue weighted by molar-refractivity contribution is 7.18. The molecule has 0 unspecified atom stereocenters. The van der Waals surface area contributed by atoms with Gasteiger partial charge in [0.2, 0.25) is 5.91 Å². The fourth-order valence-corrected chi connectivity index (χ4v) is 5.79. The minimum absolute atomic E-state index is 0.0587. The lowest BCUT2D eigenvalue weighted by Gasteiger charge is -2.14. The van der Waals surface area contributed by atoms with Crippen LogP contribution >= 0.6 is 34.3 Å². The number of aromatic nitrogens is 3. The molecule has 28 heavy (non-hydrogen) atoms. The maximum Gasteiger partial charge on any atom is 0.260 e. The average molecular weight is 435 g/mol. The minimum atomic E-state index is -0.140. The molecule has 0 aliphatic heterocycles. The van der Waals surface area contributed by atoms with E-state index in [-0.39, 0.29) is 11.5 Å². The summed E-state index contributed by atoms with van der Waals surface area (Å²) in [7, 11) is 0. The Balaban J connectivity index is 1.69. The van der Waals surface area contributed by atoms with Crippen molar-refractivity contribution in [2.45, 2.75) is 39.5 Å². The van der Waals surface area contributed by atoms with E-state index in [1.54, 1.807) is 22.3 Å². The largest absolute Gasteiger partial charge is 0.305 e. The summed E-state index contributed by atoms with van der Waals surface area (Å²) in [4.78, 5) is 39.8. The van der Waals surface area contributed by atoms with Gasteiger partial charge in [-0.25, -0.2) is 9.97 Å². The third-order valence-corrected chi connectivity index (χ3v) is 7.12. The Kier molecular flexibility index (Phi) is 5.35. The molecular formula is C19H19ClN4O2S2. The molecule has 3 aromatic rings. The molecule has 0 spiro atoms. The number of hydrogen-bond acceptors (Lipinski definition) is 6. The van der Waals surface area contributed by atoms with Gasteiger partial charge in [-0.05, 0) is 44.2 Å². The Morgan fingerprint density at radius 1 is 1.36 bits per heavy atom. The molecule has 1 N–H and O–H groups in total. The Morgan fingerprint density at radius 3 is 2.89 bits per heavy atom. The van der Waals surface area contributed by atoms with Crippen molar-refractivity contribution in [1.29, 1.82) is 0 Å². The van der Waals surface area contributed by atoms with E-state index in [2.05, 4.69) is 15.0 Å². The van der Waals surface area contributed by atoms with Gasteiger partial charge in [0.25, 0.3) is 5.56 Å². The van der Waals surface area contributed by atoms with Gasteiger partial charge in [0, 0.05) is 23.7 Å². The molecule has 0 atom stereocenters. The SMILES string of the molecule is CCN(C(C)=O)c1nc(/C=C(\Cl)c2nc3sc4c(c3c(=O)[nH]2)CCCC4)cs1. The van der Waals surface area contributed by atoms with Crippen molar-refractivity contribution in [2.75, 3.05) is 11.4 Å². The van der Waals surface area contributed by atoms with Gasteiger partial charge in [-0.1, -0.05) is 11.6 Å². The van der Waals surface area contributed by atoms with Crippen LogP contribution in [0.1, 0.15) is 48.6 Å². The third-order valence-electron chi connectivity index (χ3n) is 4.76. The van der Waals surface area contributed by atoms with Gasteiger partial charge in [0.05, 0.1) is 16.1 Å². The van der Waals surface area contributed by atoms with Crippen LogP contribution in [0.5, 0.6) is 0 Å². The number of H-pyrrole nitrogens is 1. The second kappa shape index (κ2) is 7.77. The molecule has 0 radical (unpaired) electrons. The molecule has 0 aromatic carbocycles. The Hall–Kier alpha value is -2.03. The van der Waals surface area contributed by atoms with Gasteiger partial charge in [-0.15, -0.1) is 22.7 Å². The standard InChI is InChI=1S/C19H19ClN4O2S2/c1-3-24(10(2)25)19-21-11(9-27-19)8-13(20)16-22-17(26)15-12-6-4-5-7-14(12)28-18(15)23-16/h8-9H,3-7H2,1-2H3,(H,22,23,26)/b13-8-. The number of nitrogens with one attached hydrogen (secondary N) is 1. The molecule has 1 aliphatic carbocycles. The van der Waals surface area contributed by atoms with Crippen molar-refractivity contribution in [1.82, 2.24) is 15.0 Å². The van der Waals surface area contributed by atoms with Crippen LogP contribution < -0.4 is 10.5 Å². The van der Waals surface area contributed by atoms with E-state index in [4.69, 9.17) is 11.6 Å². The van der Waals surface area contributed by atoms with Crippen LogP contribution in [-0.2, 0) is 17.6 Å². The molecule has 0 bridgehead atoms. The topological polar surface area (TPSA) is 79.0 Å². The first kappa shape index (κ1) is 19.3. The highest BCUT2D eigenvalue weighted by atomic mass is 35.5. The molecule has 1 amide bonds. The highest BCUT2D eigenvalue weighted by Crippen LogP contribution is 2.34. The number of fused-ring (bicyclic) bond motifs is 3. The molecule has 3 aromatic heterocycles. The van der Waals surface area contributed by atoms with E-state index < -0.39 is 0 Å². The van der Waals surface area contributed by atoms with Crippen LogP contribution in [0.3, 0.4) is 0 Å². The first-order chi connectivity index (χ1) is 13.5. The summed E-state index contributed by atoms with van der Waals surface area (Å²) in [5.74, 6) is 0.280. The van der Waals surface area contributed by atoms with Crippen LogP contribution in [0.15, 0.2) is 10.2 Å². The van der Waals surface area contributed by atoms with Crippen molar-refractivity contribution in [3.8, 4) is 0 Å². The maximum absolute atomic E-state index is 12.7. The first-order valence-electron chi connectivity index (χ1n) is 9.13. The van der Waals surface area contributed by atoms with E-state index in [0.717, 1.165) is 36.1 Å². The van der Waals surface area contributed by atoms with E-state index in [9.17, 15) is 9.59 Å². The van der Waals surface area contributed by atoms with E-state index in [1.807, 2.05) is 12.3 Å². The number of aromatic amines is 1. The van der Waals surface area contributed by atoms with E-state index in [1.165, 1.54) is 23.1 Å². The number of thiophene rings is 1. The van der Waals surface area contributed by atoms with E-state index in [0.29, 0.717) is 33.6 Å². The van der Waals surface area contributed by atoms with Crippen molar-refractivity contribution in [2.24, 2.45) is 0 Å². The number of amides is 1. The number of carbonyl (C=O) groups is 1.